The molecular weight excluding hydrogens is 808 g/mol. The van der Waals surface area contributed by atoms with E-state index in [2.05, 4.69) is 62.7 Å². The van der Waals surface area contributed by atoms with E-state index in [0.717, 1.165) is 28.3 Å². The summed E-state index contributed by atoms with van der Waals surface area (Å²) in [6.07, 6.45) is 1.24. The van der Waals surface area contributed by atoms with Crippen LogP contribution in [-0.2, 0) is 35.2 Å². The minimum Gasteiger partial charge on any atom is -0.480 e. The number of anilines is 3. The molecule has 3 amide bonds. The fraction of sp³-hybridized carbons (Fsp3) is 0.436. The molecule has 3 aromatic rings. The Hall–Kier alpha value is -3.39. The van der Waals surface area contributed by atoms with E-state index in [4.69, 9.17) is 51.1 Å². The topological polar surface area (TPSA) is 137 Å². The fourth-order valence-electron chi connectivity index (χ4n) is 5.77. The second-order valence-corrected chi connectivity index (χ2v) is 18.2. The Balaban J connectivity index is 1.74. The molecule has 0 spiro atoms. The van der Waals surface area contributed by atoms with Gasteiger partial charge in [0.2, 0.25) is 15.9 Å². The summed E-state index contributed by atoms with van der Waals surface area (Å²) in [5, 5.41) is 8.16. The van der Waals surface area contributed by atoms with E-state index >= 15 is 0 Å². The van der Waals surface area contributed by atoms with Crippen molar-refractivity contribution in [3.05, 3.63) is 79.7 Å². The monoisotopic (exact) mass is 853 g/mol. The number of halogens is 4. The fourth-order valence-corrected chi connectivity index (χ4v) is 7.68. The molecule has 0 fully saturated rings. The van der Waals surface area contributed by atoms with Gasteiger partial charge in [0.05, 0.1) is 26.5 Å². The second-order valence-electron chi connectivity index (χ2n) is 14.5. The lowest BCUT2D eigenvalue weighted by Crippen LogP contribution is -2.53. The van der Waals surface area contributed by atoms with Gasteiger partial charge in [-0.15, -0.1) is 5.10 Å². The molecule has 4 rings (SSSR count). The maximum absolute atomic E-state index is 13.9. The summed E-state index contributed by atoms with van der Waals surface area (Å²) in [5.41, 5.74) is 2.06. The minimum atomic E-state index is -4.05. The zero-order chi connectivity index (χ0) is 41.2. The number of rotatable bonds is 14. The summed E-state index contributed by atoms with van der Waals surface area (Å²) < 4.78 is 34.4. The lowest BCUT2D eigenvalue weighted by atomic mass is 9.76. The first kappa shape index (κ1) is 44.3. The zero-order valence-corrected chi connectivity index (χ0v) is 36.2. The SMILES string of the molecule is CCC(Oc1ccc(C(C)(C)CC)cc1C(C)(C)CC)C(=O)Nc1ccc(Cl)c(N(C(C)=O)C2=NN(c3c(Cl)cc(Cl)cc3Cl)C(=O)C2NS(=O)(=O)CC)c1. The second kappa shape index (κ2) is 17.4. The van der Waals surface area contributed by atoms with Crippen LogP contribution in [0.1, 0.15) is 92.7 Å². The van der Waals surface area contributed by atoms with Crippen LogP contribution in [0.2, 0.25) is 20.1 Å². The maximum atomic E-state index is 13.9. The van der Waals surface area contributed by atoms with Crippen molar-refractivity contribution in [3.63, 3.8) is 0 Å². The van der Waals surface area contributed by atoms with Gasteiger partial charge in [0.15, 0.2) is 18.0 Å². The lowest BCUT2D eigenvalue weighted by molar-refractivity contribution is -0.123. The van der Waals surface area contributed by atoms with Crippen molar-refractivity contribution < 1.29 is 27.5 Å². The quantitative estimate of drug-likeness (QED) is 0.166. The van der Waals surface area contributed by atoms with Gasteiger partial charge >= 0.3 is 0 Å². The smallest absolute Gasteiger partial charge is 0.273 e. The van der Waals surface area contributed by atoms with Crippen molar-refractivity contribution in [2.75, 3.05) is 21.0 Å². The number of ether oxygens (including phenoxy) is 1. The molecule has 2 atom stereocenters. The third kappa shape index (κ3) is 9.77. The van der Waals surface area contributed by atoms with Crippen LogP contribution in [0.5, 0.6) is 5.75 Å². The van der Waals surface area contributed by atoms with E-state index in [1.165, 1.54) is 43.7 Å². The van der Waals surface area contributed by atoms with Gasteiger partial charge in [0.1, 0.15) is 11.4 Å². The van der Waals surface area contributed by atoms with Crippen LogP contribution in [0.4, 0.5) is 17.1 Å². The molecule has 1 aliphatic heterocycles. The Bertz CT molecular complexity index is 2100. The average Bonchev–Trinajstić information content (AvgIpc) is 3.41. The predicted molar refractivity (Wildman–Crippen MR) is 224 cm³/mol. The Morgan fingerprint density at radius 2 is 1.53 bits per heavy atom. The van der Waals surface area contributed by atoms with Crippen LogP contribution in [0.3, 0.4) is 0 Å². The molecule has 298 valence electrons. The molecule has 11 nitrogen and oxygen atoms in total. The van der Waals surface area contributed by atoms with Crippen LogP contribution in [0.15, 0.2) is 53.6 Å². The van der Waals surface area contributed by atoms with E-state index < -0.39 is 39.9 Å². The van der Waals surface area contributed by atoms with Crippen LogP contribution in [-0.4, -0.2) is 49.9 Å². The Kier molecular flexibility index (Phi) is 14.0. The number of sulfonamides is 1. The normalized spacial score (nSPS) is 15.5. The zero-order valence-electron chi connectivity index (χ0n) is 32.3. The van der Waals surface area contributed by atoms with Crippen molar-refractivity contribution in [1.29, 1.82) is 0 Å². The maximum Gasteiger partial charge on any atom is 0.273 e. The van der Waals surface area contributed by atoms with E-state index in [0.29, 0.717) is 12.2 Å². The summed E-state index contributed by atoms with van der Waals surface area (Å²) in [4.78, 5) is 42.2. The molecule has 0 radical (unpaired) electrons. The van der Waals surface area contributed by atoms with Crippen molar-refractivity contribution in [3.8, 4) is 5.75 Å². The number of nitrogens with one attached hydrogen (secondary N) is 2. The number of hydrogen-bond donors (Lipinski definition) is 2. The third-order valence-electron chi connectivity index (χ3n) is 9.98. The third-order valence-corrected chi connectivity index (χ3v) is 12.4. The molecule has 0 bridgehead atoms. The number of hydrazone groups is 1. The van der Waals surface area contributed by atoms with E-state index in [-0.39, 0.29) is 59.6 Å². The van der Waals surface area contributed by atoms with Crippen LogP contribution in [0, 0.1) is 0 Å². The summed E-state index contributed by atoms with van der Waals surface area (Å²) in [5.74, 6) is -2.14. The van der Waals surface area contributed by atoms with Gasteiger partial charge in [-0.2, -0.15) is 9.73 Å². The molecule has 0 aromatic heterocycles. The lowest BCUT2D eigenvalue weighted by Gasteiger charge is -2.31. The largest absolute Gasteiger partial charge is 0.480 e. The van der Waals surface area contributed by atoms with E-state index in [1.54, 1.807) is 6.07 Å². The highest BCUT2D eigenvalue weighted by molar-refractivity contribution is 7.89. The molecular formula is C39H47Cl4N5O6S. The number of carbonyl (C=O) groups is 3. The summed E-state index contributed by atoms with van der Waals surface area (Å²) >= 11 is 25.6. The number of amides is 3. The average molecular weight is 856 g/mol. The first-order valence-electron chi connectivity index (χ1n) is 17.9. The first-order chi connectivity index (χ1) is 25.6. The molecule has 0 saturated carbocycles. The molecule has 3 aromatic carbocycles. The van der Waals surface area contributed by atoms with Crippen molar-refractivity contribution >= 4 is 97.0 Å². The van der Waals surface area contributed by atoms with Crippen LogP contribution >= 0.6 is 46.4 Å². The highest BCUT2D eigenvalue weighted by Gasteiger charge is 2.45. The highest BCUT2D eigenvalue weighted by atomic mass is 35.5. The summed E-state index contributed by atoms with van der Waals surface area (Å²) in [6.45, 7) is 17.4. The molecule has 0 aliphatic carbocycles. The minimum absolute atomic E-state index is 0.00411. The van der Waals surface area contributed by atoms with E-state index in [1.807, 2.05) is 19.1 Å². The number of carbonyl (C=O) groups excluding carboxylic acids is 3. The predicted octanol–water partition coefficient (Wildman–Crippen LogP) is 9.49. The molecule has 1 heterocycles. The van der Waals surface area contributed by atoms with Crippen LogP contribution in [0.25, 0.3) is 0 Å². The number of benzene rings is 3. The molecule has 0 saturated heterocycles. The number of hydrogen-bond acceptors (Lipinski definition) is 7. The number of amidine groups is 1. The van der Waals surface area contributed by atoms with Crippen molar-refractivity contribution in [2.24, 2.45) is 5.10 Å². The molecule has 2 unspecified atom stereocenters. The molecule has 1 aliphatic rings. The van der Waals surface area contributed by atoms with Gasteiger partial charge < -0.3 is 10.1 Å². The van der Waals surface area contributed by atoms with Gasteiger partial charge in [-0.05, 0) is 79.0 Å². The first-order valence-corrected chi connectivity index (χ1v) is 21.1. The molecule has 2 N–H and O–H groups in total. The number of nitrogens with zero attached hydrogens (tertiary/aromatic N) is 3. The summed E-state index contributed by atoms with van der Waals surface area (Å²) in [6, 6.07) is 11.5. The molecule has 16 heteroatoms. The van der Waals surface area contributed by atoms with Gasteiger partial charge in [-0.25, -0.2) is 8.42 Å². The van der Waals surface area contributed by atoms with Gasteiger partial charge in [0, 0.05) is 23.2 Å². The van der Waals surface area contributed by atoms with Crippen LogP contribution < -0.4 is 24.7 Å². The van der Waals surface area contributed by atoms with Crippen molar-refractivity contribution in [2.45, 2.75) is 105 Å². The standard InChI is InChI=1S/C39H47Cl4N5O6S/c1-10-31(54-32-17-14-23(38(6,7)11-2)18-26(32)39(8,9)12-3)36(50)44-25-15-16-27(41)30(21-25)47(22(5)49)35-33(46-55(52,53)13-4)37(51)48(45-35)34-28(42)19-24(40)20-29(34)43/h14-21,31,33,46H,10-13H2,1-9H3,(H,44,50). The Morgan fingerprint density at radius 1 is 0.909 bits per heavy atom. The highest BCUT2D eigenvalue weighted by Crippen LogP contribution is 2.41. The van der Waals surface area contributed by atoms with E-state index in [9.17, 15) is 22.8 Å². The van der Waals surface area contributed by atoms with Gasteiger partial charge in [-0.1, -0.05) is 107 Å². The van der Waals surface area contributed by atoms with Crippen molar-refractivity contribution in [1.82, 2.24) is 4.72 Å². The van der Waals surface area contributed by atoms with Gasteiger partial charge in [-0.3, -0.25) is 19.3 Å². The molecule has 55 heavy (non-hydrogen) atoms. The summed E-state index contributed by atoms with van der Waals surface area (Å²) in [7, 11) is -4.05. The van der Waals surface area contributed by atoms with Gasteiger partial charge in [0.25, 0.3) is 11.8 Å². The Morgan fingerprint density at radius 3 is 2.07 bits per heavy atom. The Labute approximate surface area is 343 Å².